The summed E-state index contributed by atoms with van der Waals surface area (Å²) in [4.78, 5) is 13.1. The Morgan fingerprint density at radius 1 is 1.00 bits per heavy atom. The number of hydrazone groups is 1. The number of carbonyl (C=O) groups excluding carboxylic acids is 1. The molecule has 2 aromatic rings. The Balaban J connectivity index is 1.62. The van der Waals surface area contributed by atoms with Gasteiger partial charge in [0.05, 0.1) is 17.7 Å². The topological polar surface area (TPSA) is 47.9 Å². The quantitative estimate of drug-likeness (QED) is 0.771. The molecule has 152 valence electrons. The highest BCUT2D eigenvalue weighted by atomic mass is 35.5. The van der Waals surface area contributed by atoms with Crippen LogP contribution in [0.25, 0.3) is 0 Å². The van der Waals surface area contributed by atoms with Crippen LogP contribution >= 0.6 is 11.6 Å². The minimum atomic E-state index is -0.163. The lowest BCUT2D eigenvalue weighted by atomic mass is 9.86. The van der Waals surface area contributed by atoms with Gasteiger partial charge in [0.15, 0.2) is 0 Å². The Morgan fingerprint density at radius 3 is 2.31 bits per heavy atom. The molecule has 0 saturated carbocycles. The van der Waals surface area contributed by atoms with E-state index in [9.17, 15) is 4.79 Å². The van der Waals surface area contributed by atoms with Crippen LogP contribution in [0, 0.1) is 0 Å². The van der Waals surface area contributed by atoms with Gasteiger partial charge in [-0.3, -0.25) is 5.43 Å². The molecule has 0 spiro atoms. The Morgan fingerprint density at radius 2 is 1.66 bits per heavy atom. The summed E-state index contributed by atoms with van der Waals surface area (Å²) in [7, 11) is 0. The summed E-state index contributed by atoms with van der Waals surface area (Å²) in [6.07, 6.45) is 4.67. The van der Waals surface area contributed by atoms with Gasteiger partial charge in [-0.2, -0.15) is 5.10 Å². The van der Waals surface area contributed by atoms with Gasteiger partial charge in [0.2, 0.25) is 0 Å². The lowest BCUT2D eigenvalue weighted by Gasteiger charge is -2.27. The molecule has 2 amide bonds. The van der Waals surface area contributed by atoms with Crippen molar-refractivity contribution in [1.29, 1.82) is 0 Å². The highest BCUT2D eigenvalue weighted by molar-refractivity contribution is 6.30. The van der Waals surface area contributed by atoms with E-state index < -0.39 is 0 Å². The average molecular weight is 411 g/mol. The molecule has 4 rings (SSSR count). The minimum absolute atomic E-state index is 0.00672. The first-order chi connectivity index (χ1) is 14.1. The van der Waals surface area contributed by atoms with E-state index in [0.29, 0.717) is 5.02 Å². The monoisotopic (exact) mass is 410 g/mol. The standard InChI is InChI=1S/C23H27ClN4O/c1-17-21(18-9-5-4-6-10-18)22(19-11-13-20(24)14-12-19)25-28(17)23(29)26-27-15-7-2-3-8-16-27/h4-6,9-14,17,21H,2-3,7-8,15-16H2,1H3,(H,26,29)/t17-,21-/m0/s1. The first kappa shape index (κ1) is 19.9. The highest BCUT2D eigenvalue weighted by Gasteiger charge is 2.39. The highest BCUT2D eigenvalue weighted by Crippen LogP contribution is 2.34. The maximum absolute atomic E-state index is 13.1. The van der Waals surface area contributed by atoms with E-state index >= 15 is 0 Å². The molecule has 2 aromatic carbocycles. The van der Waals surface area contributed by atoms with Crippen molar-refractivity contribution in [1.82, 2.24) is 15.4 Å². The van der Waals surface area contributed by atoms with E-state index in [4.69, 9.17) is 16.7 Å². The Bertz CT molecular complexity index is 860. The molecule has 5 nitrogen and oxygen atoms in total. The van der Waals surface area contributed by atoms with Gasteiger partial charge in [-0.15, -0.1) is 0 Å². The number of nitrogens with zero attached hydrogens (tertiary/aromatic N) is 3. The first-order valence-corrected chi connectivity index (χ1v) is 10.8. The van der Waals surface area contributed by atoms with E-state index in [0.717, 1.165) is 42.8 Å². The summed E-state index contributed by atoms with van der Waals surface area (Å²) >= 11 is 6.08. The summed E-state index contributed by atoms with van der Waals surface area (Å²) in [6, 6.07) is 17.7. The number of nitrogens with one attached hydrogen (secondary N) is 1. The number of hydrogen-bond donors (Lipinski definition) is 1. The molecular weight excluding hydrogens is 384 g/mol. The number of urea groups is 1. The van der Waals surface area contributed by atoms with Crippen LogP contribution in [0.2, 0.25) is 5.02 Å². The lowest BCUT2D eigenvalue weighted by molar-refractivity contribution is 0.140. The van der Waals surface area contributed by atoms with Crippen molar-refractivity contribution < 1.29 is 4.79 Å². The van der Waals surface area contributed by atoms with Crippen molar-refractivity contribution in [2.24, 2.45) is 5.10 Å². The molecule has 2 atom stereocenters. The number of rotatable bonds is 3. The Kier molecular flexibility index (Phi) is 6.16. The minimum Gasteiger partial charge on any atom is -0.269 e. The fourth-order valence-corrected chi connectivity index (χ4v) is 4.32. The first-order valence-electron chi connectivity index (χ1n) is 10.4. The molecule has 2 heterocycles. The smallest absolute Gasteiger partial charge is 0.269 e. The summed E-state index contributed by atoms with van der Waals surface area (Å²) in [5, 5.41) is 9.11. The number of amides is 2. The van der Waals surface area contributed by atoms with Crippen LogP contribution in [-0.4, -0.2) is 40.9 Å². The number of benzene rings is 2. The molecule has 29 heavy (non-hydrogen) atoms. The van der Waals surface area contributed by atoms with Crippen molar-refractivity contribution in [3.8, 4) is 0 Å². The summed E-state index contributed by atoms with van der Waals surface area (Å²) < 4.78 is 0. The zero-order chi connectivity index (χ0) is 20.2. The van der Waals surface area contributed by atoms with Gasteiger partial charge in [0.1, 0.15) is 0 Å². The number of carbonyl (C=O) groups is 1. The fraction of sp³-hybridized carbons (Fsp3) is 0.391. The third kappa shape index (κ3) is 4.46. The predicted molar refractivity (Wildman–Crippen MR) is 117 cm³/mol. The van der Waals surface area contributed by atoms with Crippen LogP contribution in [0.15, 0.2) is 59.7 Å². The summed E-state index contributed by atoms with van der Waals surface area (Å²) in [6.45, 7) is 3.85. The lowest BCUT2D eigenvalue weighted by Crippen LogP contribution is -2.49. The second-order valence-electron chi connectivity index (χ2n) is 7.78. The van der Waals surface area contributed by atoms with Gasteiger partial charge in [-0.1, -0.05) is 66.9 Å². The van der Waals surface area contributed by atoms with E-state index in [1.165, 1.54) is 12.8 Å². The van der Waals surface area contributed by atoms with Gasteiger partial charge in [0.25, 0.3) is 0 Å². The van der Waals surface area contributed by atoms with Gasteiger partial charge in [-0.25, -0.2) is 14.8 Å². The molecule has 0 aromatic heterocycles. The average Bonchev–Trinajstić information content (AvgIpc) is 2.89. The third-order valence-electron chi connectivity index (χ3n) is 5.74. The van der Waals surface area contributed by atoms with Crippen molar-refractivity contribution in [3.63, 3.8) is 0 Å². The van der Waals surface area contributed by atoms with Crippen molar-refractivity contribution in [3.05, 3.63) is 70.7 Å². The normalized spacial score (nSPS) is 22.8. The summed E-state index contributed by atoms with van der Waals surface area (Å²) in [5.41, 5.74) is 6.11. The SMILES string of the molecule is C[C@H]1[C@@H](c2ccccc2)C(c2ccc(Cl)cc2)=NN1C(=O)NN1CCCCCC1. The van der Waals surface area contributed by atoms with Crippen LogP contribution in [-0.2, 0) is 0 Å². The van der Waals surface area contributed by atoms with Crippen LogP contribution in [0.5, 0.6) is 0 Å². The second-order valence-corrected chi connectivity index (χ2v) is 8.22. The van der Waals surface area contributed by atoms with E-state index in [2.05, 4.69) is 24.5 Å². The number of hydrogen-bond acceptors (Lipinski definition) is 3. The van der Waals surface area contributed by atoms with Crippen LogP contribution < -0.4 is 5.43 Å². The van der Waals surface area contributed by atoms with Crippen LogP contribution in [0.3, 0.4) is 0 Å². The van der Waals surface area contributed by atoms with E-state index in [1.54, 1.807) is 5.01 Å². The van der Waals surface area contributed by atoms with Gasteiger partial charge < -0.3 is 0 Å². The maximum Gasteiger partial charge on any atom is 0.352 e. The molecule has 0 unspecified atom stereocenters. The molecule has 1 N–H and O–H groups in total. The largest absolute Gasteiger partial charge is 0.352 e. The van der Waals surface area contributed by atoms with E-state index in [1.807, 2.05) is 47.5 Å². The molecule has 2 aliphatic heterocycles. The Hall–Kier alpha value is -2.37. The molecule has 0 radical (unpaired) electrons. The van der Waals surface area contributed by atoms with Crippen molar-refractivity contribution in [2.45, 2.75) is 44.6 Å². The fourth-order valence-electron chi connectivity index (χ4n) is 4.19. The molecule has 0 bridgehead atoms. The molecule has 2 aliphatic rings. The Labute approximate surface area is 177 Å². The zero-order valence-corrected chi connectivity index (χ0v) is 17.5. The van der Waals surface area contributed by atoms with Gasteiger partial charge in [0, 0.05) is 18.1 Å². The summed E-state index contributed by atoms with van der Waals surface area (Å²) in [5.74, 6) is 0.00672. The zero-order valence-electron chi connectivity index (χ0n) is 16.7. The molecule has 1 saturated heterocycles. The van der Waals surface area contributed by atoms with E-state index in [-0.39, 0.29) is 18.0 Å². The third-order valence-corrected chi connectivity index (χ3v) is 6.00. The molecule has 1 fully saturated rings. The van der Waals surface area contributed by atoms with Crippen LogP contribution in [0.4, 0.5) is 4.79 Å². The molecular formula is C23H27ClN4O. The number of halogens is 1. The molecule has 6 heteroatoms. The van der Waals surface area contributed by atoms with Gasteiger partial charge in [-0.05, 0) is 43.0 Å². The van der Waals surface area contributed by atoms with Gasteiger partial charge >= 0.3 is 6.03 Å². The van der Waals surface area contributed by atoms with Crippen molar-refractivity contribution >= 4 is 23.3 Å². The molecule has 0 aliphatic carbocycles. The maximum atomic E-state index is 13.1. The van der Waals surface area contributed by atoms with Crippen LogP contribution in [0.1, 0.15) is 49.7 Å². The second kappa shape index (κ2) is 8.97. The van der Waals surface area contributed by atoms with Crippen molar-refractivity contribution in [2.75, 3.05) is 13.1 Å². The predicted octanol–water partition coefficient (Wildman–Crippen LogP) is 5.03. The number of hydrazine groups is 1.